The van der Waals surface area contributed by atoms with Gasteiger partial charge in [-0.1, -0.05) is 15.9 Å². The number of carboxylic acids is 1. The molecular weight excluding hydrogens is 315 g/mol. The van der Waals surface area contributed by atoms with Gasteiger partial charge in [-0.3, -0.25) is 9.59 Å². The molecule has 0 unspecified atom stereocenters. The van der Waals surface area contributed by atoms with Crippen LogP contribution in [0.3, 0.4) is 0 Å². The molecule has 92 valence electrons. The first kappa shape index (κ1) is 11.5. The molecular formula is C10H8BrClO5. The number of cyclic esters (lactones) is 1. The Morgan fingerprint density at radius 2 is 2.35 bits per heavy atom. The van der Waals surface area contributed by atoms with Gasteiger partial charge >= 0.3 is 11.9 Å². The third-order valence-electron chi connectivity index (χ3n) is 3.61. The SMILES string of the molecule is O=C(O)[C@H]1[C@@H]2C=C(Br)[C@]3(O2)[C@@H](CCl)OC(=O)[C@@H]13. The zero-order valence-electron chi connectivity index (χ0n) is 8.43. The van der Waals surface area contributed by atoms with Crippen LogP contribution in [0.2, 0.25) is 0 Å². The number of halogens is 2. The lowest BCUT2D eigenvalue weighted by Crippen LogP contribution is -2.45. The maximum absolute atomic E-state index is 11.8. The highest BCUT2D eigenvalue weighted by atomic mass is 79.9. The van der Waals surface area contributed by atoms with E-state index in [9.17, 15) is 14.7 Å². The van der Waals surface area contributed by atoms with E-state index in [4.69, 9.17) is 21.1 Å². The zero-order chi connectivity index (χ0) is 12.4. The van der Waals surface area contributed by atoms with Crippen LogP contribution in [0.15, 0.2) is 10.6 Å². The molecule has 2 bridgehead atoms. The number of esters is 1. The van der Waals surface area contributed by atoms with Crippen LogP contribution in [0.1, 0.15) is 0 Å². The Kier molecular flexibility index (Phi) is 2.34. The van der Waals surface area contributed by atoms with Gasteiger partial charge in [0.05, 0.1) is 12.0 Å². The maximum atomic E-state index is 11.8. The van der Waals surface area contributed by atoms with E-state index < -0.39 is 41.6 Å². The van der Waals surface area contributed by atoms with E-state index in [0.717, 1.165) is 0 Å². The Hall–Kier alpha value is -0.590. The standard InChI is InChI=1S/C10H8BrClO5/c11-4-1-3-6(8(13)14)7-9(15)16-5(2-12)10(4,7)17-3/h1,3,5-7H,2H2,(H,13,14)/t3-,5+,6-,7+,10-/m0/s1. The van der Waals surface area contributed by atoms with Gasteiger partial charge in [0, 0.05) is 4.48 Å². The van der Waals surface area contributed by atoms with Gasteiger partial charge in [0.15, 0.2) is 5.60 Å². The van der Waals surface area contributed by atoms with Gasteiger partial charge in [0.2, 0.25) is 0 Å². The number of alkyl halides is 1. The van der Waals surface area contributed by atoms with Crippen LogP contribution in [0, 0.1) is 11.8 Å². The number of ether oxygens (including phenoxy) is 2. The highest BCUT2D eigenvalue weighted by molar-refractivity contribution is 9.11. The van der Waals surface area contributed by atoms with Crippen molar-refractivity contribution in [3.63, 3.8) is 0 Å². The third kappa shape index (κ3) is 1.18. The zero-order valence-corrected chi connectivity index (χ0v) is 10.8. The Bertz CT molecular complexity index is 450. The van der Waals surface area contributed by atoms with Crippen molar-refractivity contribution in [2.24, 2.45) is 11.8 Å². The first-order chi connectivity index (χ1) is 8.02. The largest absolute Gasteiger partial charge is 0.481 e. The summed E-state index contributed by atoms with van der Waals surface area (Å²) in [6, 6.07) is 0. The number of hydrogen-bond acceptors (Lipinski definition) is 4. The molecule has 0 aliphatic carbocycles. The summed E-state index contributed by atoms with van der Waals surface area (Å²) < 4.78 is 11.5. The summed E-state index contributed by atoms with van der Waals surface area (Å²) >= 11 is 9.10. The molecule has 5 atom stereocenters. The molecule has 1 N–H and O–H groups in total. The number of rotatable bonds is 2. The fraction of sp³-hybridized carbons (Fsp3) is 0.600. The van der Waals surface area contributed by atoms with Gasteiger partial charge in [-0.25, -0.2) is 0 Å². The number of carbonyl (C=O) groups is 2. The topological polar surface area (TPSA) is 72.8 Å². The van der Waals surface area contributed by atoms with Gasteiger partial charge in [-0.2, -0.15) is 0 Å². The fourth-order valence-electron chi connectivity index (χ4n) is 2.93. The summed E-state index contributed by atoms with van der Waals surface area (Å²) in [5.74, 6) is -3.23. The second-order valence-electron chi connectivity index (χ2n) is 4.31. The van der Waals surface area contributed by atoms with Crippen molar-refractivity contribution >= 4 is 39.5 Å². The van der Waals surface area contributed by atoms with Gasteiger partial charge in [-0.05, 0) is 6.08 Å². The van der Waals surface area contributed by atoms with Crippen LogP contribution in [0.25, 0.3) is 0 Å². The minimum absolute atomic E-state index is 0.0736. The first-order valence-corrected chi connectivity index (χ1v) is 6.40. The molecule has 0 aromatic carbocycles. The van der Waals surface area contributed by atoms with Crippen molar-refractivity contribution < 1.29 is 24.2 Å². The molecule has 7 heteroatoms. The Morgan fingerprint density at radius 1 is 1.65 bits per heavy atom. The lowest BCUT2D eigenvalue weighted by Gasteiger charge is -2.28. The summed E-state index contributed by atoms with van der Waals surface area (Å²) in [6.45, 7) is 0. The number of carbonyl (C=O) groups excluding carboxylic acids is 1. The Labute approximate surface area is 110 Å². The summed E-state index contributed by atoms with van der Waals surface area (Å²) in [6.07, 6.45) is 0.448. The lowest BCUT2D eigenvalue weighted by molar-refractivity contribution is -0.154. The quantitative estimate of drug-likeness (QED) is 0.604. The van der Waals surface area contributed by atoms with E-state index in [1.54, 1.807) is 6.08 Å². The average molecular weight is 324 g/mol. The summed E-state index contributed by atoms with van der Waals surface area (Å²) in [5, 5.41) is 9.18. The molecule has 3 rings (SSSR count). The van der Waals surface area contributed by atoms with Gasteiger partial charge < -0.3 is 14.6 Å². The molecule has 0 saturated carbocycles. The summed E-state index contributed by atoms with van der Waals surface area (Å²) in [7, 11) is 0. The average Bonchev–Trinajstić information content (AvgIpc) is 2.84. The molecule has 2 fully saturated rings. The van der Waals surface area contributed by atoms with Crippen molar-refractivity contribution in [1.29, 1.82) is 0 Å². The van der Waals surface area contributed by atoms with E-state index in [-0.39, 0.29) is 5.88 Å². The molecule has 17 heavy (non-hydrogen) atoms. The number of fused-ring (bicyclic) bond motifs is 1. The molecule has 3 aliphatic rings. The lowest BCUT2D eigenvalue weighted by atomic mass is 9.75. The van der Waals surface area contributed by atoms with Gasteiger partial charge in [0.25, 0.3) is 0 Å². The molecule has 0 amide bonds. The predicted molar refractivity (Wildman–Crippen MR) is 59.8 cm³/mol. The minimum Gasteiger partial charge on any atom is -0.481 e. The molecule has 0 radical (unpaired) electrons. The smallest absolute Gasteiger partial charge is 0.313 e. The monoisotopic (exact) mass is 322 g/mol. The first-order valence-electron chi connectivity index (χ1n) is 5.07. The van der Waals surface area contributed by atoms with Gasteiger partial charge in [0.1, 0.15) is 17.9 Å². The maximum Gasteiger partial charge on any atom is 0.313 e. The van der Waals surface area contributed by atoms with E-state index in [1.807, 2.05) is 0 Å². The fourth-order valence-corrected chi connectivity index (χ4v) is 4.08. The molecule has 5 nitrogen and oxygen atoms in total. The second-order valence-corrected chi connectivity index (χ2v) is 5.47. The van der Waals surface area contributed by atoms with Crippen LogP contribution >= 0.6 is 27.5 Å². The van der Waals surface area contributed by atoms with E-state index in [0.29, 0.717) is 4.48 Å². The normalized spacial score (nSPS) is 46.7. The van der Waals surface area contributed by atoms with E-state index in [1.165, 1.54) is 0 Å². The van der Waals surface area contributed by atoms with Crippen molar-refractivity contribution in [3.05, 3.63) is 10.6 Å². The number of carboxylic acid groups (broad SMARTS) is 1. The summed E-state index contributed by atoms with van der Waals surface area (Å²) in [5.41, 5.74) is -1.04. The van der Waals surface area contributed by atoms with Crippen molar-refractivity contribution in [3.8, 4) is 0 Å². The number of aliphatic carboxylic acids is 1. The molecule has 0 aromatic rings. The highest BCUT2D eigenvalue weighted by Crippen LogP contribution is 2.59. The molecule has 3 aliphatic heterocycles. The Morgan fingerprint density at radius 3 is 2.94 bits per heavy atom. The number of hydrogen-bond donors (Lipinski definition) is 1. The third-order valence-corrected chi connectivity index (χ3v) is 4.77. The van der Waals surface area contributed by atoms with Crippen molar-refractivity contribution in [2.75, 3.05) is 5.88 Å². The van der Waals surface area contributed by atoms with Crippen LogP contribution in [-0.2, 0) is 19.1 Å². The molecule has 3 heterocycles. The van der Waals surface area contributed by atoms with Gasteiger partial charge in [-0.15, -0.1) is 11.6 Å². The van der Waals surface area contributed by atoms with Crippen LogP contribution in [-0.4, -0.2) is 40.7 Å². The predicted octanol–water partition coefficient (Wildman–Crippen LogP) is 0.898. The molecule has 1 spiro atoms. The van der Waals surface area contributed by atoms with E-state index in [2.05, 4.69) is 15.9 Å². The van der Waals surface area contributed by atoms with Crippen LogP contribution in [0.5, 0.6) is 0 Å². The highest BCUT2D eigenvalue weighted by Gasteiger charge is 2.73. The van der Waals surface area contributed by atoms with E-state index >= 15 is 0 Å². The molecule has 0 aromatic heterocycles. The van der Waals surface area contributed by atoms with Crippen molar-refractivity contribution in [1.82, 2.24) is 0 Å². The summed E-state index contributed by atoms with van der Waals surface area (Å²) in [4.78, 5) is 23.0. The Balaban J connectivity index is 2.12. The minimum atomic E-state index is -1.05. The van der Waals surface area contributed by atoms with Crippen LogP contribution in [0.4, 0.5) is 0 Å². The second kappa shape index (κ2) is 3.46. The molecule has 2 saturated heterocycles. The van der Waals surface area contributed by atoms with Crippen molar-refractivity contribution in [2.45, 2.75) is 17.8 Å². The van der Waals surface area contributed by atoms with Crippen LogP contribution < -0.4 is 0 Å².